The van der Waals surface area contributed by atoms with Gasteiger partial charge in [-0.1, -0.05) is 6.42 Å². The van der Waals surface area contributed by atoms with Gasteiger partial charge in [-0.3, -0.25) is 14.8 Å². The third kappa shape index (κ3) is 3.66. The predicted molar refractivity (Wildman–Crippen MR) is 99.7 cm³/mol. The van der Waals surface area contributed by atoms with E-state index in [1.165, 1.54) is 19.3 Å². The van der Waals surface area contributed by atoms with Gasteiger partial charge in [-0.05, 0) is 32.0 Å². The Morgan fingerprint density at radius 3 is 2.58 bits per heavy atom. The van der Waals surface area contributed by atoms with E-state index >= 15 is 0 Å². The fourth-order valence-corrected chi connectivity index (χ4v) is 3.84. The Hall–Kier alpha value is -2.19. The Morgan fingerprint density at radius 1 is 1.08 bits per heavy atom. The molecule has 2 saturated heterocycles. The van der Waals surface area contributed by atoms with E-state index < -0.39 is 0 Å². The van der Waals surface area contributed by atoms with Crippen LogP contribution in [0, 0.1) is 10.1 Å². The third-order valence-corrected chi connectivity index (χ3v) is 5.29. The highest BCUT2D eigenvalue weighted by molar-refractivity contribution is 5.87. The van der Waals surface area contributed by atoms with Crippen LogP contribution in [0.4, 0.5) is 11.4 Å². The molecule has 0 aliphatic carbocycles. The number of rotatable bonds is 5. The predicted octanol–water partition coefficient (Wildman–Crippen LogP) is 2.27. The molecule has 0 saturated carbocycles. The van der Waals surface area contributed by atoms with Crippen LogP contribution in [0.3, 0.4) is 0 Å². The number of fused-ring (bicyclic) bond motifs is 1. The molecule has 26 heavy (non-hydrogen) atoms. The van der Waals surface area contributed by atoms with E-state index in [2.05, 4.69) is 10.00 Å². The number of nitro groups is 1. The van der Waals surface area contributed by atoms with Crippen LogP contribution in [0.25, 0.3) is 10.9 Å². The minimum absolute atomic E-state index is 0.148. The van der Waals surface area contributed by atoms with Gasteiger partial charge in [0, 0.05) is 37.3 Å². The van der Waals surface area contributed by atoms with E-state index in [9.17, 15) is 10.1 Å². The highest BCUT2D eigenvalue weighted by atomic mass is 16.6. The van der Waals surface area contributed by atoms with E-state index in [1.807, 2.05) is 21.8 Å². The number of nitrogens with zero attached hydrogens (tertiary/aromatic N) is 5. The highest BCUT2D eigenvalue weighted by Crippen LogP contribution is 2.33. The van der Waals surface area contributed by atoms with Crippen molar-refractivity contribution in [2.75, 3.05) is 50.8 Å². The largest absolute Gasteiger partial charge is 0.378 e. The molecule has 0 spiro atoms. The second-order valence-electron chi connectivity index (χ2n) is 7.05. The summed E-state index contributed by atoms with van der Waals surface area (Å²) in [7, 11) is 0. The van der Waals surface area contributed by atoms with Gasteiger partial charge in [0.05, 0.1) is 30.2 Å². The van der Waals surface area contributed by atoms with Crippen LogP contribution in [-0.2, 0) is 11.3 Å². The molecule has 2 aliphatic heterocycles. The number of piperidine rings is 1. The van der Waals surface area contributed by atoms with Gasteiger partial charge >= 0.3 is 0 Å². The SMILES string of the molecule is O=[N+]([O-])c1cc2cn(CCN3CCCCC3)nc2cc1N1CCOCC1. The lowest BCUT2D eigenvalue weighted by Crippen LogP contribution is -2.36. The molecule has 0 N–H and O–H groups in total. The smallest absolute Gasteiger partial charge is 0.293 e. The number of benzene rings is 1. The summed E-state index contributed by atoms with van der Waals surface area (Å²) in [5.74, 6) is 0. The fraction of sp³-hybridized carbons (Fsp3) is 0.611. The summed E-state index contributed by atoms with van der Waals surface area (Å²) >= 11 is 0. The number of anilines is 1. The summed E-state index contributed by atoms with van der Waals surface area (Å²) in [6, 6.07) is 3.51. The Kier molecular flexibility index (Phi) is 5.03. The number of nitro benzene ring substituents is 1. The van der Waals surface area contributed by atoms with Crippen LogP contribution in [0.2, 0.25) is 0 Å². The minimum Gasteiger partial charge on any atom is -0.378 e. The lowest BCUT2D eigenvalue weighted by atomic mass is 10.1. The molecule has 2 aliphatic rings. The Labute approximate surface area is 152 Å². The molecule has 140 valence electrons. The fourth-order valence-electron chi connectivity index (χ4n) is 3.84. The summed E-state index contributed by atoms with van der Waals surface area (Å²) in [5.41, 5.74) is 1.61. The Bertz CT molecular complexity index is 778. The summed E-state index contributed by atoms with van der Waals surface area (Å²) in [4.78, 5) is 15.8. The summed E-state index contributed by atoms with van der Waals surface area (Å²) in [5, 5.41) is 17.0. The molecule has 2 aromatic rings. The van der Waals surface area contributed by atoms with Crippen molar-refractivity contribution in [3.63, 3.8) is 0 Å². The number of ether oxygens (including phenoxy) is 1. The first-order valence-corrected chi connectivity index (χ1v) is 9.41. The van der Waals surface area contributed by atoms with Crippen molar-refractivity contribution in [3.05, 3.63) is 28.4 Å². The maximum Gasteiger partial charge on any atom is 0.293 e. The lowest BCUT2D eigenvalue weighted by Gasteiger charge is -2.28. The molecule has 1 aromatic heterocycles. The standard InChI is InChI=1S/C18H25N5O3/c24-23(25)18-12-15-14-22(7-6-20-4-2-1-3-5-20)19-16(15)13-17(18)21-8-10-26-11-9-21/h12-14H,1-11H2. The van der Waals surface area contributed by atoms with Gasteiger partial charge in [0.25, 0.3) is 5.69 Å². The zero-order valence-corrected chi connectivity index (χ0v) is 15.0. The van der Waals surface area contributed by atoms with Crippen molar-refractivity contribution in [2.24, 2.45) is 0 Å². The minimum atomic E-state index is -0.296. The van der Waals surface area contributed by atoms with Gasteiger partial charge in [0.2, 0.25) is 0 Å². The quantitative estimate of drug-likeness (QED) is 0.602. The molecule has 4 rings (SSSR count). The van der Waals surface area contributed by atoms with Crippen LogP contribution in [0.5, 0.6) is 0 Å². The van der Waals surface area contributed by atoms with E-state index in [0.29, 0.717) is 32.0 Å². The number of hydrogen-bond donors (Lipinski definition) is 0. The van der Waals surface area contributed by atoms with Crippen molar-refractivity contribution >= 4 is 22.3 Å². The first kappa shape index (κ1) is 17.2. The van der Waals surface area contributed by atoms with Crippen LogP contribution in [0.1, 0.15) is 19.3 Å². The van der Waals surface area contributed by atoms with Crippen LogP contribution >= 0.6 is 0 Å². The van der Waals surface area contributed by atoms with Crippen LogP contribution < -0.4 is 4.90 Å². The first-order chi connectivity index (χ1) is 12.7. The monoisotopic (exact) mass is 359 g/mol. The molecule has 2 fully saturated rings. The van der Waals surface area contributed by atoms with E-state index in [-0.39, 0.29) is 10.6 Å². The average molecular weight is 359 g/mol. The van der Waals surface area contributed by atoms with E-state index in [1.54, 1.807) is 6.07 Å². The number of hydrogen-bond acceptors (Lipinski definition) is 6. The van der Waals surface area contributed by atoms with Gasteiger partial charge < -0.3 is 14.5 Å². The summed E-state index contributed by atoms with van der Waals surface area (Å²) in [6.45, 7) is 6.64. The molecule has 0 amide bonds. The molecule has 0 radical (unpaired) electrons. The Balaban J connectivity index is 1.57. The molecule has 8 heteroatoms. The maximum atomic E-state index is 11.6. The summed E-state index contributed by atoms with van der Waals surface area (Å²) in [6.07, 6.45) is 5.80. The zero-order chi connectivity index (χ0) is 17.9. The second kappa shape index (κ2) is 7.59. The normalized spacial score (nSPS) is 19.2. The van der Waals surface area contributed by atoms with Crippen molar-refractivity contribution in [1.82, 2.24) is 14.7 Å². The zero-order valence-electron chi connectivity index (χ0n) is 15.0. The molecule has 0 unspecified atom stereocenters. The van der Waals surface area contributed by atoms with Crippen LogP contribution in [-0.4, -0.2) is 65.5 Å². The van der Waals surface area contributed by atoms with Gasteiger partial charge in [0.1, 0.15) is 5.69 Å². The molecule has 3 heterocycles. The maximum absolute atomic E-state index is 11.6. The van der Waals surface area contributed by atoms with E-state index in [4.69, 9.17) is 4.74 Å². The molecule has 1 aromatic carbocycles. The average Bonchev–Trinajstić information content (AvgIpc) is 3.09. The van der Waals surface area contributed by atoms with Gasteiger partial charge in [-0.15, -0.1) is 0 Å². The number of morpholine rings is 1. The number of likely N-dealkylation sites (tertiary alicyclic amines) is 1. The van der Waals surface area contributed by atoms with Crippen molar-refractivity contribution in [1.29, 1.82) is 0 Å². The van der Waals surface area contributed by atoms with Crippen molar-refractivity contribution in [3.8, 4) is 0 Å². The molecule has 0 bridgehead atoms. The highest BCUT2D eigenvalue weighted by Gasteiger charge is 2.23. The van der Waals surface area contributed by atoms with Gasteiger partial charge in [-0.25, -0.2) is 0 Å². The van der Waals surface area contributed by atoms with E-state index in [0.717, 1.165) is 37.1 Å². The molecule has 0 atom stereocenters. The Morgan fingerprint density at radius 2 is 1.85 bits per heavy atom. The molecular weight excluding hydrogens is 334 g/mol. The lowest BCUT2D eigenvalue weighted by molar-refractivity contribution is -0.384. The topological polar surface area (TPSA) is 76.7 Å². The third-order valence-electron chi connectivity index (χ3n) is 5.29. The second-order valence-corrected chi connectivity index (χ2v) is 7.05. The summed E-state index contributed by atoms with van der Waals surface area (Å²) < 4.78 is 7.29. The van der Waals surface area contributed by atoms with Gasteiger partial charge in [0.15, 0.2) is 0 Å². The van der Waals surface area contributed by atoms with Crippen LogP contribution in [0.15, 0.2) is 18.3 Å². The molecular formula is C18H25N5O3. The van der Waals surface area contributed by atoms with Crippen molar-refractivity contribution in [2.45, 2.75) is 25.8 Å². The van der Waals surface area contributed by atoms with Gasteiger partial charge in [-0.2, -0.15) is 5.10 Å². The molecule has 8 nitrogen and oxygen atoms in total. The number of aromatic nitrogens is 2. The van der Waals surface area contributed by atoms with Crippen molar-refractivity contribution < 1.29 is 9.66 Å². The first-order valence-electron chi connectivity index (χ1n) is 9.41.